The first-order valence-electron chi connectivity index (χ1n) is 5.31. The summed E-state index contributed by atoms with van der Waals surface area (Å²) in [5.41, 5.74) is 0.869. The quantitative estimate of drug-likeness (QED) is 0.674. The Hall–Kier alpha value is -2.17. The number of hydrogen-bond donors (Lipinski definition) is 0. The monoisotopic (exact) mass is 230 g/mol. The van der Waals surface area contributed by atoms with Gasteiger partial charge in [0.25, 0.3) is 0 Å². The number of nitrogens with zero attached hydrogens (tertiary/aromatic N) is 4. The lowest BCUT2D eigenvalue weighted by molar-refractivity contribution is 0.627. The summed E-state index contributed by atoms with van der Waals surface area (Å²) in [6, 6.07) is 6.74. The maximum Gasteiger partial charge on any atom is 0.152 e. The molecule has 1 aromatic carbocycles. The SMILES string of the molecule is Cn1cnnc1Cn1ccc2ccc(F)cc21. The minimum absolute atomic E-state index is 0.226. The number of rotatable bonds is 2. The van der Waals surface area contributed by atoms with Crippen molar-refractivity contribution in [3.63, 3.8) is 0 Å². The van der Waals surface area contributed by atoms with Gasteiger partial charge in [-0.05, 0) is 29.7 Å². The van der Waals surface area contributed by atoms with Gasteiger partial charge in [0.05, 0.1) is 12.1 Å². The largest absolute Gasteiger partial charge is 0.340 e. The molecule has 0 aliphatic heterocycles. The van der Waals surface area contributed by atoms with E-state index in [-0.39, 0.29) is 5.82 Å². The van der Waals surface area contributed by atoms with Crippen LogP contribution in [0.3, 0.4) is 0 Å². The van der Waals surface area contributed by atoms with Crippen molar-refractivity contribution in [2.45, 2.75) is 6.54 Å². The van der Waals surface area contributed by atoms with Crippen LogP contribution in [-0.4, -0.2) is 19.3 Å². The van der Waals surface area contributed by atoms with Crippen LogP contribution in [0.15, 0.2) is 36.8 Å². The summed E-state index contributed by atoms with van der Waals surface area (Å²) in [5, 5.41) is 8.87. The Morgan fingerprint density at radius 1 is 1.29 bits per heavy atom. The lowest BCUT2D eigenvalue weighted by atomic mass is 10.2. The number of benzene rings is 1. The summed E-state index contributed by atoms with van der Waals surface area (Å²) in [6.45, 7) is 0.587. The zero-order valence-electron chi connectivity index (χ0n) is 9.34. The molecule has 0 amide bonds. The van der Waals surface area contributed by atoms with Crippen molar-refractivity contribution in [2.24, 2.45) is 7.05 Å². The van der Waals surface area contributed by atoms with Gasteiger partial charge in [-0.15, -0.1) is 10.2 Å². The second-order valence-electron chi connectivity index (χ2n) is 4.00. The van der Waals surface area contributed by atoms with Crippen molar-refractivity contribution in [1.29, 1.82) is 0 Å². The maximum absolute atomic E-state index is 13.2. The molecule has 3 aromatic rings. The lowest BCUT2D eigenvalue weighted by Crippen LogP contribution is -2.04. The molecule has 2 aromatic heterocycles. The van der Waals surface area contributed by atoms with Crippen LogP contribution in [-0.2, 0) is 13.6 Å². The zero-order valence-corrected chi connectivity index (χ0v) is 9.34. The first kappa shape index (κ1) is 10.0. The molecule has 4 nitrogen and oxygen atoms in total. The Balaban J connectivity index is 2.06. The van der Waals surface area contributed by atoms with Crippen molar-refractivity contribution >= 4 is 10.9 Å². The molecule has 0 saturated heterocycles. The maximum atomic E-state index is 13.2. The fraction of sp³-hybridized carbons (Fsp3) is 0.167. The number of aryl methyl sites for hydroxylation is 1. The van der Waals surface area contributed by atoms with Crippen molar-refractivity contribution < 1.29 is 4.39 Å². The zero-order chi connectivity index (χ0) is 11.8. The molecular formula is C12H11FN4. The molecule has 3 rings (SSSR count). The third-order valence-corrected chi connectivity index (χ3v) is 2.85. The van der Waals surface area contributed by atoms with Gasteiger partial charge in [-0.1, -0.05) is 0 Å². The molecule has 0 radical (unpaired) electrons. The van der Waals surface area contributed by atoms with Crippen LogP contribution in [0.4, 0.5) is 4.39 Å². The minimum atomic E-state index is -0.226. The van der Waals surface area contributed by atoms with Gasteiger partial charge in [-0.25, -0.2) is 4.39 Å². The van der Waals surface area contributed by atoms with Crippen LogP contribution in [0.5, 0.6) is 0 Å². The number of aromatic nitrogens is 4. The second kappa shape index (κ2) is 3.69. The van der Waals surface area contributed by atoms with Crippen LogP contribution in [0.1, 0.15) is 5.82 Å². The van der Waals surface area contributed by atoms with Gasteiger partial charge in [0.1, 0.15) is 12.1 Å². The van der Waals surface area contributed by atoms with Crippen LogP contribution < -0.4 is 0 Å². The molecule has 0 spiro atoms. The molecule has 0 aliphatic carbocycles. The van der Waals surface area contributed by atoms with E-state index in [0.29, 0.717) is 6.54 Å². The van der Waals surface area contributed by atoms with Crippen LogP contribution in [0.2, 0.25) is 0 Å². The number of fused-ring (bicyclic) bond motifs is 1. The van der Waals surface area contributed by atoms with E-state index in [1.807, 2.05) is 28.4 Å². The molecule has 0 bridgehead atoms. The molecule has 0 saturated carbocycles. The third kappa shape index (κ3) is 1.69. The average Bonchev–Trinajstić information content (AvgIpc) is 2.88. The number of hydrogen-bond acceptors (Lipinski definition) is 2. The molecule has 0 N–H and O–H groups in total. The lowest BCUT2D eigenvalue weighted by Gasteiger charge is -2.04. The van der Waals surface area contributed by atoms with E-state index >= 15 is 0 Å². The predicted octanol–water partition coefficient (Wildman–Crippen LogP) is 1.96. The fourth-order valence-electron chi connectivity index (χ4n) is 1.90. The highest BCUT2D eigenvalue weighted by molar-refractivity contribution is 5.80. The fourth-order valence-corrected chi connectivity index (χ4v) is 1.90. The molecular weight excluding hydrogens is 219 g/mol. The molecule has 2 heterocycles. The van der Waals surface area contributed by atoms with E-state index in [1.54, 1.807) is 12.4 Å². The molecule has 86 valence electrons. The van der Waals surface area contributed by atoms with Crippen molar-refractivity contribution in [1.82, 2.24) is 19.3 Å². The van der Waals surface area contributed by atoms with Gasteiger partial charge >= 0.3 is 0 Å². The third-order valence-electron chi connectivity index (χ3n) is 2.85. The molecule has 0 fully saturated rings. The Labute approximate surface area is 97.3 Å². The topological polar surface area (TPSA) is 35.6 Å². The van der Waals surface area contributed by atoms with Gasteiger partial charge in [0, 0.05) is 13.2 Å². The highest BCUT2D eigenvalue weighted by Crippen LogP contribution is 2.17. The van der Waals surface area contributed by atoms with E-state index in [9.17, 15) is 4.39 Å². The van der Waals surface area contributed by atoms with Crippen LogP contribution >= 0.6 is 0 Å². The van der Waals surface area contributed by atoms with Crippen molar-refractivity contribution in [3.05, 3.63) is 48.4 Å². The average molecular weight is 230 g/mol. The summed E-state index contributed by atoms with van der Waals surface area (Å²) < 4.78 is 17.0. The summed E-state index contributed by atoms with van der Waals surface area (Å²) >= 11 is 0. The first-order valence-corrected chi connectivity index (χ1v) is 5.31. The second-order valence-corrected chi connectivity index (χ2v) is 4.00. The predicted molar refractivity (Wildman–Crippen MR) is 62.0 cm³/mol. The smallest absolute Gasteiger partial charge is 0.152 e. The Kier molecular flexibility index (Phi) is 2.18. The van der Waals surface area contributed by atoms with Gasteiger partial charge in [0.15, 0.2) is 5.82 Å². The van der Waals surface area contributed by atoms with E-state index < -0.39 is 0 Å². The molecule has 17 heavy (non-hydrogen) atoms. The Bertz CT molecular complexity index is 668. The first-order chi connectivity index (χ1) is 8.24. The summed E-state index contributed by atoms with van der Waals surface area (Å²) in [7, 11) is 1.89. The van der Waals surface area contributed by atoms with Gasteiger partial charge in [0.2, 0.25) is 0 Å². The van der Waals surface area contributed by atoms with Gasteiger partial charge < -0.3 is 9.13 Å². The van der Waals surface area contributed by atoms with E-state index in [0.717, 1.165) is 16.7 Å². The highest BCUT2D eigenvalue weighted by atomic mass is 19.1. The molecule has 0 unspecified atom stereocenters. The van der Waals surface area contributed by atoms with Crippen LogP contribution in [0, 0.1) is 5.82 Å². The van der Waals surface area contributed by atoms with E-state index in [1.165, 1.54) is 12.1 Å². The van der Waals surface area contributed by atoms with Gasteiger partial charge in [-0.3, -0.25) is 0 Å². The van der Waals surface area contributed by atoms with Gasteiger partial charge in [-0.2, -0.15) is 0 Å². The molecule has 0 aliphatic rings. The normalized spacial score (nSPS) is 11.2. The van der Waals surface area contributed by atoms with E-state index in [2.05, 4.69) is 10.2 Å². The Morgan fingerprint density at radius 2 is 2.18 bits per heavy atom. The van der Waals surface area contributed by atoms with E-state index in [4.69, 9.17) is 0 Å². The van der Waals surface area contributed by atoms with Crippen molar-refractivity contribution in [3.8, 4) is 0 Å². The standard InChI is InChI=1S/C12H11FN4/c1-16-8-14-15-12(16)7-17-5-4-9-2-3-10(13)6-11(9)17/h2-6,8H,7H2,1H3. The van der Waals surface area contributed by atoms with Crippen LogP contribution in [0.25, 0.3) is 10.9 Å². The molecule has 0 atom stereocenters. The summed E-state index contributed by atoms with van der Waals surface area (Å²) in [5.74, 6) is 0.613. The molecule has 5 heteroatoms. The number of halogens is 1. The summed E-state index contributed by atoms with van der Waals surface area (Å²) in [4.78, 5) is 0. The summed E-state index contributed by atoms with van der Waals surface area (Å²) in [6.07, 6.45) is 3.58. The Morgan fingerprint density at radius 3 is 2.94 bits per heavy atom. The highest BCUT2D eigenvalue weighted by Gasteiger charge is 2.06. The van der Waals surface area contributed by atoms with Crippen molar-refractivity contribution in [2.75, 3.05) is 0 Å². The minimum Gasteiger partial charge on any atom is -0.340 e.